The molecule has 1 unspecified atom stereocenters. The summed E-state index contributed by atoms with van der Waals surface area (Å²) in [5.41, 5.74) is 2.40. The molecule has 0 saturated heterocycles. The van der Waals surface area contributed by atoms with Crippen molar-refractivity contribution in [3.05, 3.63) is 95.6 Å². The number of hydrogen-bond donors (Lipinski definition) is 1. The number of rotatable bonds is 10. The Morgan fingerprint density at radius 2 is 1.47 bits per heavy atom. The first-order chi connectivity index (χ1) is 17.1. The van der Waals surface area contributed by atoms with Crippen LogP contribution < -0.4 is 4.72 Å². The lowest BCUT2D eigenvalue weighted by Gasteiger charge is -2.32. The molecule has 0 heterocycles. The zero-order valence-corrected chi connectivity index (χ0v) is 22.2. The van der Waals surface area contributed by atoms with Crippen LogP contribution in [0, 0.1) is 13.8 Å². The summed E-state index contributed by atoms with van der Waals surface area (Å²) in [5, 5.41) is 0. The van der Waals surface area contributed by atoms with E-state index in [1.807, 2.05) is 32.0 Å². The molecule has 0 aliphatic carbocycles. The highest BCUT2D eigenvalue weighted by atomic mass is 32.2. The van der Waals surface area contributed by atoms with Crippen molar-refractivity contribution in [1.82, 2.24) is 4.72 Å². The number of hydrogen-bond acceptors (Lipinski definition) is 7. The minimum atomic E-state index is -4.01. The first-order valence-electron chi connectivity index (χ1n) is 11.2. The number of methoxy groups -OCH3 is 2. The Labute approximate surface area is 216 Å². The maximum atomic E-state index is 13.4. The van der Waals surface area contributed by atoms with Gasteiger partial charge in [0.25, 0.3) is 0 Å². The SMILES string of the molecule is COC(=O)C(CC(NS(=O)(=O)c1ccc(C)cc1)c1cccc(C)c1)(Sc1ccccc1)C(=O)OC. The number of carbonyl (C=O) groups excluding carboxylic acids is 2. The van der Waals surface area contributed by atoms with E-state index in [1.54, 1.807) is 48.5 Å². The normalized spacial score (nSPS) is 12.6. The Hall–Kier alpha value is -3.14. The van der Waals surface area contributed by atoms with Gasteiger partial charge >= 0.3 is 11.9 Å². The first-order valence-corrected chi connectivity index (χ1v) is 13.5. The molecule has 9 heteroatoms. The van der Waals surface area contributed by atoms with Crippen LogP contribution in [0.25, 0.3) is 0 Å². The number of esters is 2. The molecule has 190 valence electrons. The predicted molar refractivity (Wildman–Crippen MR) is 139 cm³/mol. The van der Waals surface area contributed by atoms with E-state index in [0.717, 1.165) is 22.9 Å². The summed E-state index contributed by atoms with van der Waals surface area (Å²) in [7, 11) is -1.64. The quantitative estimate of drug-likeness (QED) is 0.234. The van der Waals surface area contributed by atoms with Crippen LogP contribution in [0.2, 0.25) is 0 Å². The highest BCUT2D eigenvalue weighted by Gasteiger charge is 2.52. The zero-order valence-electron chi connectivity index (χ0n) is 20.6. The molecule has 3 aromatic carbocycles. The van der Waals surface area contributed by atoms with Crippen molar-refractivity contribution in [1.29, 1.82) is 0 Å². The van der Waals surface area contributed by atoms with E-state index in [-0.39, 0.29) is 11.3 Å². The van der Waals surface area contributed by atoms with E-state index in [2.05, 4.69) is 4.72 Å². The summed E-state index contributed by atoms with van der Waals surface area (Å²) in [6.07, 6.45) is -0.250. The van der Waals surface area contributed by atoms with Crippen molar-refractivity contribution in [2.45, 2.75) is 40.8 Å². The van der Waals surface area contributed by atoms with Crippen LogP contribution in [-0.4, -0.2) is 39.3 Å². The number of thioether (sulfide) groups is 1. The number of ether oxygens (including phenoxy) is 2. The molecule has 0 amide bonds. The van der Waals surface area contributed by atoms with Gasteiger partial charge < -0.3 is 9.47 Å². The fourth-order valence-corrected chi connectivity index (χ4v) is 6.27. The van der Waals surface area contributed by atoms with Crippen molar-refractivity contribution < 1.29 is 27.5 Å². The second-order valence-electron chi connectivity index (χ2n) is 8.33. The summed E-state index contributed by atoms with van der Waals surface area (Å²) < 4.78 is 37.7. The Morgan fingerprint density at radius 1 is 0.861 bits per heavy atom. The van der Waals surface area contributed by atoms with Crippen LogP contribution in [0.5, 0.6) is 0 Å². The molecule has 7 nitrogen and oxygen atoms in total. The number of nitrogens with one attached hydrogen (secondary N) is 1. The van der Waals surface area contributed by atoms with Gasteiger partial charge in [0.1, 0.15) is 0 Å². The van der Waals surface area contributed by atoms with Gasteiger partial charge in [0, 0.05) is 17.4 Å². The Morgan fingerprint density at radius 3 is 2.03 bits per heavy atom. The Kier molecular flexibility index (Phi) is 8.94. The van der Waals surface area contributed by atoms with Gasteiger partial charge in [-0.05, 0) is 43.7 Å². The van der Waals surface area contributed by atoms with Crippen molar-refractivity contribution in [2.24, 2.45) is 0 Å². The molecule has 0 aliphatic heterocycles. The number of sulfonamides is 1. The minimum Gasteiger partial charge on any atom is -0.468 e. The van der Waals surface area contributed by atoms with Gasteiger partial charge in [-0.3, -0.25) is 0 Å². The van der Waals surface area contributed by atoms with Gasteiger partial charge in [-0.25, -0.2) is 22.7 Å². The Bertz CT molecular complexity index is 1290. The molecule has 0 bridgehead atoms. The standard InChI is InChI=1S/C27H29NO6S2/c1-19-13-15-23(16-14-19)36(31,32)28-24(21-10-8-9-20(2)17-21)18-27(25(29)33-3,26(30)34-4)35-22-11-6-5-7-12-22/h5-17,24,28H,18H2,1-4H3. The van der Waals surface area contributed by atoms with Crippen LogP contribution in [0.4, 0.5) is 0 Å². The average Bonchev–Trinajstić information content (AvgIpc) is 2.87. The van der Waals surface area contributed by atoms with E-state index < -0.39 is 32.8 Å². The second kappa shape index (κ2) is 11.7. The molecule has 0 fully saturated rings. The van der Waals surface area contributed by atoms with Gasteiger partial charge in [-0.1, -0.05) is 77.5 Å². The molecule has 0 aliphatic rings. The summed E-state index contributed by atoms with van der Waals surface area (Å²) >= 11 is 0.969. The van der Waals surface area contributed by atoms with Gasteiger partial charge in [-0.15, -0.1) is 0 Å². The van der Waals surface area contributed by atoms with Gasteiger partial charge in [0.2, 0.25) is 14.8 Å². The lowest BCUT2D eigenvalue weighted by Crippen LogP contribution is -2.48. The van der Waals surface area contributed by atoms with Crippen molar-refractivity contribution in [3.63, 3.8) is 0 Å². The van der Waals surface area contributed by atoms with E-state index in [4.69, 9.17) is 9.47 Å². The van der Waals surface area contributed by atoms with E-state index in [0.29, 0.717) is 10.5 Å². The third-order valence-corrected chi connectivity index (χ3v) is 8.47. The molecule has 1 atom stereocenters. The van der Waals surface area contributed by atoms with E-state index >= 15 is 0 Å². The molecule has 0 spiro atoms. The monoisotopic (exact) mass is 527 g/mol. The fraction of sp³-hybridized carbons (Fsp3) is 0.259. The van der Waals surface area contributed by atoms with Gasteiger partial charge in [0.05, 0.1) is 19.1 Å². The van der Waals surface area contributed by atoms with Gasteiger partial charge in [-0.2, -0.15) is 0 Å². The van der Waals surface area contributed by atoms with Crippen LogP contribution in [0.1, 0.15) is 29.2 Å². The largest absolute Gasteiger partial charge is 0.468 e. The van der Waals surface area contributed by atoms with E-state index in [1.165, 1.54) is 26.4 Å². The van der Waals surface area contributed by atoms with Crippen LogP contribution >= 0.6 is 11.8 Å². The lowest BCUT2D eigenvalue weighted by atomic mass is 9.93. The summed E-state index contributed by atoms with van der Waals surface area (Å²) in [4.78, 5) is 27.1. The third kappa shape index (κ3) is 6.34. The number of carbonyl (C=O) groups is 2. The van der Waals surface area contributed by atoms with E-state index in [9.17, 15) is 18.0 Å². The molecule has 0 radical (unpaired) electrons. The lowest BCUT2D eigenvalue weighted by molar-refractivity contribution is -0.156. The van der Waals surface area contributed by atoms with Gasteiger partial charge in [0.15, 0.2) is 0 Å². The highest BCUT2D eigenvalue weighted by molar-refractivity contribution is 8.02. The summed E-state index contributed by atoms with van der Waals surface area (Å²) in [5.74, 6) is -1.68. The van der Waals surface area contributed by atoms with Crippen molar-refractivity contribution >= 4 is 33.7 Å². The molecule has 0 aromatic heterocycles. The molecule has 0 saturated carbocycles. The molecule has 1 N–H and O–H groups in total. The zero-order chi connectivity index (χ0) is 26.3. The second-order valence-corrected chi connectivity index (χ2v) is 11.4. The topological polar surface area (TPSA) is 98.8 Å². The average molecular weight is 528 g/mol. The fourth-order valence-electron chi connectivity index (χ4n) is 3.77. The minimum absolute atomic E-state index is 0.0724. The number of benzene rings is 3. The van der Waals surface area contributed by atoms with Crippen molar-refractivity contribution in [3.8, 4) is 0 Å². The van der Waals surface area contributed by atoms with Crippen LogP contribution in [0.15, 0.2) is 88.7 Å². The number of aryl methyl sites for hydroxylation is 2. The highest BCUT2D eigenvalue weighted by Crippen LogP contribution is 2.42. The molecular formula is C27H29NO6S2. The Balaban J connectivity index is 2.13. The molecule has 3 aromatic rings. The summed E-state index contributed by atoms with van der Waals surface area (Å²) in [6, 6.07) is 21.6. The predicted octanol–water partition coefficient (Wildman–Crippen LogP) is 4.59. The maximum Gasteiger partial charge on any atom is 0.333 e. The van der Waals surface area contributed by atoms with Crippen LogP contribution in [-0.2, 0) is 29.1 Å². The first kappa shape index (κ1) is 27.4. The van der Waals surface area contributed by atoms with Crippen LogP contribution in [0.3, 0.4) is 0 Å². The molecule has 3 rings (SSSR count). The maximum absolute atomic E-state index is 13.4. The molecular weight excluding hydrogens is 498 g/mol. The smallest absolute Gasteiger partial charge is 0.333 e. The molecule has 36 heavy (non-hydrogen) atoms. The van der Waals surface area contributed by atoms with Crippen molar-refractivity contribution in [2.75, 3.05) is 14.2 Å². The summed E-state index contributed by atoms with van der Waals surface area (Å²) in [6.45, 7) is 3.74. The third-order valence-electron chi connectivity index (χ3n) is 5.63.